The van der Waals surface area contributed by atoms with E-state index in [0.29, 0.717) is 38.5 Å². The molecule has 0 aromatic heterocycles. The van der Waals surface area contributed by atoms with Crippen LogP contribution in [0.25, 0.3) is 0 Å². The molecule has 0 unspecified atom stereocenters. The van der Waals surface area contributed by atoms with Gasteiger partial charge in [0.15, 0.2) is 11.5 Å². The molecule has 1 saturated heterocycles. The van der Waals surface area contributed by atoms with E-state index in [9.17, 15) is 9.59 Å². The van der Waals surface area contributed by atoms with E-state index < -0.39 is 5.41 Å². The highest BCUT2D eigenvalue weighted by Gasteiger charge is 2.56. The van der Waals surface area contributed by atoms with Gasteiger partial charge in [-0.2, -0.15) is 0 Å². The van der Waals surface area contributed by atoms with Gasteiger partial charge in [0.1, 0.15) is 13.2 Å². The summed E-state index contributed by atoms with van der Waals surface area (Å²) in [6, 6.07) is 5.88. The van der Waals surface area contributed by atoms with E-state index >= 15 is 0 Å². The molecule has 2 fully saturated rings. The number of likely N-dealkylation sites (tertiary alicyclic amines) is 1. The Morgan fingerprint density at radius 3 is 2.93 bits per heavy atom. The van der Waals surface area contributed by atoms with Gasteiger partial charge in [0.05, 0.1) is 12.5 Å². The molecule has 6 nitrogen and oxygen atoms in total. The zero-order valence-electron chi connectivity index (χ0n) is 15.6. The SMILES string of the molecule is COC(=O)[C@@]12CCC[C@@H]1CN(C(=O)CCSc1ccc3c(c1)OCCO3)C2. The highest BCUT2D eigenvalue weighted by molar-refractivity contribution is 7.99. The fourth-order valence-corrected chi connectivity index (χ4v) is 5.41. The minimum atomic E-state index is -0.465. The fourth-order valence-electron chi connectivity index (χ4n) is 4.54. The van der Waals surface area contributed by atoms with Gasteiger partial charge in [0.25, 0.3) is 0 Å². The number of rotatable bonds is 5. The summed E-state index contributed by atoms with van der Waals surface area (Å²) < 4.78 is 16.2. The molecule has 146 valence electrons. The summed E-state index contributed by atoms with van der Waals surface area (Å²) in [6.45, 7) is 2.34. The first-order valence-corrected chi connectivity index (χ1v) is 10.5. The molecule has 0 bridgehead atoms. The number of hydrogen-bond acceptors (Lipinski definition) is 6. The van der Waals surface area contributed by atoms with Gasteiger partial charge in [-0.25, -0.2) is 0 Å². The molecule has 27 heavy (non-hydrogen) atoms. The maximum Gasteiger partial charge on any atom is 0.313 e. The van der Waals surface area contributed by atoms with Gasteiger partial charge in [0, 0.05) is 30.2 Å². The summed E-state index contributed by atoms with van der Waals surface area (Å²) in [7, 11) is 1.45. The maximum absolute atomic E-state index is 12.7. The number of fused-ring (bicyclic) bond motifs is 2. The third-order valence-electron chi connectivity index (χ3n) is 5.91. The van der Waals surface area contributed by atoms with E-state index in [0.717, 1.165) is 35.7 Å². The van der Waals surface area contributed by atoms with Crippen molar-refractivity contribution in [2.45, 2.75) is 30.6 Å². The molecule has 1 aliphatic carbocycles. The van der Waals surface area contributed by atoms with Crippen LogP contribution in [0.1, 0.15) is 25.7 Å². The number of hydrogen-bond donors (Lipinski definition) is 0. The van der Waals surface area contributed by atoms with Crippen LogP contribution >= 0.6 is 11.8 Å². The predicted molar refractivity (Wildman–Crippen MR) is 101 cm³/mol. The number of ether oxygens (including phenoxy) is 3. The Hall–Kier alpha value is -1.89. The van der Waals surface area contributed by atoms with Crippen LogP contribution in [0.5, 0.6) is 11.5 Å². The van der Waals surface area contributed by atoms with Crippen molar-refractivity contribution in [1.29, 1.82) is 0 Å². The zero-order valence-corrected chi connectivity index (χ0v) is 16.4. The fraction of sp³-hybridized carbons (Fsp3) is 0.600. The summed E-state index contributed by atoms with van der Waals surface area (Å²) in [4.78, 5) is 27.9. The molecule has 2 atom stereocenters. The summed E-state index contributed by atoms with van der Waals surface area (Å²) in [5.41, 5.74) is -0.465. The van der Waals surface area contributed by atoms with Crippen molar-refractivity contribution in [2.24, 2.45) is 11.3 Å². The predicted octanol–water partition coefficient (Wildman–Crippen LogP) is 2.74. The van der Waals surface area contributed by atoms with E-state index in [1.54, 1.807) is 11.8 Å². The lowest BCUT2D eigenvalue weighted by atomic mass is 9.81. The molecule has 3 aliphatic rings. The van der Waals surface area contributed by atoms with E-state index in [4.69, 9.17) is 14.2 Å². The van der Waals surface area contributed by atoms with Gasteiger partial charge < -0.3 is 19.1 Å². The minimum Gasteiger partial charge on any atom is -0.486 e. The molecular formula is C20H25NO5S. The van der Waals surface area contributed by atoms with Crippen molar-refractivity contribution < 1.29 is 23.8 Å². The summed E-state index contributed by atoms with van der Waals surface area (Å²) >= 11 is 1.64. The van der Waals surface area contributed by atoms with Crippen molar-refractivity contribution in [3.63, 3.8) is 0 Å². The van der Waals surface area contributed by atoms with E-state index in [1.165, 1.54) is 7.11 Å². The minimum absolute atomic E-state index is 0.123. The van der Waals surface area contributed by atoms with Crippen molar-refractivity contribution in [2.75, 3.05) is 39.2 Å². The Morgan fingerprint density at radius 1 is 1.30 bits per heavy atom. The lowest BCUT2D eigenvalue weighted by molar-refractivity contribution is -0.153. The number of amides is 1. The average molecular weight is 391 g/mol. The Balaban J connectivity index is 1.31. The molecule has 1 aromatic rings. The Bertz CT molecular complexity index is 739. The first-order chi connectivity index (χ1) is 13.1. The third-order valence-corrected chi connectivity index (χ3v) is 6.91. The molecule has 2 aliphatic heterocycles. The molecule has 4 rings (SSSR count). The second-order valence-electron chi connectivity index (χ2n) is 7.42. The van der Waals surface area contributed by atoms with Crippen LogP contribution in [-0.2, 0) is 14.3 Å². The van der Waals surface area contributed by atoms with Crippen LogP contribution < -0.4 is 9.47 Å². The summed E-state index contributed by atoms with van der Waals surface area (Å²) in [5.74, 6) is 2.47. The highest BCUT2D eigenvalue weighted by Crippen LogP contribution is 2.49. The Morgan fingerprint density at radius 2 is 2.11 bits per heavy atom. The van der Waals surface area contributed by atoms with Crippen LogP contribution in [0, 0.1) is 11.3 Å². The number of benzene rings is 1. The maximum atomic E-state index is 12.7. The van der Waals surface area contributed by atoms with Crippen LogP contribution in [0.3, 0.4) is 0 Å². The number of nitrogens with zero attached hydrogens (tertiary/aromatic N) is 1. The molecule has 0 spiro atoms. The molecule has 2 heterocycles. The Kier molecular flexibility index (Phi) is 5.21. The first kappa shape index (κ1) is 18.5. The van der Waals surface area contributed by atoms with Crippen molar-refractivity contribution in [3.8, 4) is 11.5 Å². The molecule has 7 heteroatoms. The van der Waals surface area contributed by atoms with Crippen LogP contribution in [0.15, 0.2) is 23.1 Å². The Labute approximate surface area is 163 Å². The summed E-state index contributed by atoms with van der Waals surface area (Å²) in [6.07, 6.45) is 3.34. The first-order valence-electron chi connectivity index (χ1n) is 9.51. The molecule has 1 aromatic carbocycles. The van der Waals surface area contributed by atoms with Gasteiger partial charge in [0.2, 0.25) is 5.91 Å². The number of thioether (sulfide) groups is 1. The quantitative estimate of drug-likeness (QED) is 0.568. The summed E-state index contributed by atoms with van der Waals surface area (Å²) in [5, 5.41) is 0. The second kappa shape index (κ2) is 7.62. The second-order valence-corrected chi connectivity index (χ2v) is 8.58. The normalized spacial score (nSPS) is 26.0. The molecule has 0 N–H and O–H groups in total. The van der Waals surface area contributed by atoms with E-state index in [2.05, 4.69) is 0 Å². The van der Waals surface area contributed by atoms with Gasteiger partial charge in [-0.1, -0.05) is 6.42 Å². The smallest absolute Gasteiger partial charge is 0.313 e. The zero-order chi connectivity index (χ0) is 18.9. The van der Waals surface area contributed by atoms with Gasteiger partial charge >= 0.3 is 5.97 Å². The van der Waals surface area contributed by atoms with E-state index in [1.807, 2.05) is 23.1 Å². The van der Waals surface area contributed by atoms with Gasteiger partial charge in [-0.15, -0.1) is 11.8 Å². The topological polar surface area (TPSA) is 65.1 Å². The molecule has 1 saturated carbocycles. The average Bonchev–Trinajstić information content (AvgIpc) is 3.25. The van der Waals surface area contributed by atoms with Crippen LogP contribution in [-0.4, -0.2) is 55.9 Å². The number of methoxy groups -OCH3 is 1. The van der Waals surface area contributed by atoms with Gasteiger partial charge in [-0.3, -0.25) is 9.59 Å². The number of carbonyl (C=O) groups is 2. The lowest BCUT2D eigenvalue weighted by Gasteiger charge is -2.25. The number of esters is 1. The monoisotopic (exact) mass is 391 g/mol. The lowest BCUT2D eigenvalue weighted by Crippen LogP contribution is -2.38. The van der Waals surface area contributed by atoms with Gasteiger partial charge in [-0.05, 0) is 37.0 Å². The van der Waals surface area contributed by atoms with Crippen molar-refractivity contribution in [1.82, 2.24) is 4.90 Å². The van der Waals surface area contributed by atoms with E-state index in [-0.39, 0.29) is 17.8 Å². The van der Waals surface area contributed by atoms with Crippen LogP contribution in [0.4, 0.5) is 0 Å². The molecular weight excluding hydrogens is 366 g/mol. The highest BCUT2D eigenvalue weighted by atomic mass is 32.2. The standard InChI is InChI=1S/C20H25NO5S/c1-24-19(23)20-7-2-3-14(20)12-21(13-20)18(22)6-10-27-15-4-5-16-17(11-15)26-9-8-25-16/h4-5,11,14H,2-3,6-10,12-13H2,1H3/t14-,20-/m1/s1. The molecule has 1 amide bonds. The largest absolute Gasteiger partial charge is 0.486 e. The van der Waals surface area contributed by atoms with Crippen molar-refractivity contribution in [3.05, 3.63) is 18.2 Å². The van der Waals surface area contributed by atoms with Crippen LogP contribution in [0.2, 0.25) is 0 Å². The number of carbonyl (C=O) groups excluding carboxylic acids is 2. The molecule has 0 radical (unpaired) electrons. The van der Waals surface area contributed by atoms with Crippen molar-refractivity contribution >= 4 is 23.6 Å². The third kappa shape index (κ3) is 3.49.